The van der Waals surface area contributed by atoms with Crippen LogP contribution in [0.2, 0.25) is 0 Å². The van der Waals surface area contributed by atoms with Crippen LogP contribution >= 0.6 is 0 Å². The Bertz CT molecular complexity index is 1040. The van der Waals surface area contributed by atoms with E-state index in [9.17, 15) is 18.0 Å². The number of nitrogens with one attached hydrogen (secondary N) is 2. The van der Waals surface area contributed by atoms with Gasteiger partial charge in [-0.3, -0.25) is 9.78 Å². The van der Waals surface area contributed by atoms with Crippen molar-refractivity contribution in [1.29, 1.82) is 0 Å². The van der Waals surface area contributed by atoms with Crippen molar-refractivity contribution in [2.75, 3.05) is 29.7 Å². The minimum atomic E-state index is -4.51. The number of aryl methyl sites for hydroxylation is 1. The molecule has 2 aromatic rings. The van der Waals surface area contributed by atoms with Gasteiger partial charge in [-0.2, -0.15) is 13.2 Å². The summed E-state index contributed by atoms with van der Waals surface area (Å²) < 4.78 is 49.5. The highest BCUT2D eigenvalue weighted by molar-refractivity contribution is 6.04. The van der Waals surface area contributed by atoms with Crippen LogP contribution in [0.25, 0.3) is 0 Å². The van der Waals surface area contributed by atoms with Crippen molar-refractivity contribution in [2.45, 2.75) is 57.2 Å². The van der Waals surface area contributed by atoms with Gasteiger partial charge in [0.2, 0.25) is 5.91 Å². The molecule has 11 heteroatoms. The summed E-state index contributed by atoms with van der Waals surface area (Å²) in [5.74, 6) is 0.665. The van der Waals surface area contributed by atoms with Crippen LogP contribution in [0.15, 0.2) is 24.4 Å². The number of alkyl halides is 3. The van der Waals surface area contributed by atoms with Crippen molar-refractivity contribution in [2.24, 2.45) is 0 Å². The van der Waals surface area contributed by atoms with Gasteiger partial charge in [-0.05, 0) is 19.9 Å². The first kappa shape index (κ1) is 23.1. The Hall–Kier alpha value is -3.08. The SMILES string of the molecule is CO[C@@H](C)[C@H]1C(=O)Nc2c(cc(NC3CC(Oc4ccnc(C(F)(F)F)c4)C3)nc2C)N1C. The number of nitrogens with zero attached hydrogens (tertiary/aromatic N) is 3. The van der Waals surface area contributed by atoms with E-state index >= 15 is 0 Å². The van der Waals surface area contributed by atoms with Gasteiger partial charge >= 0.3 is 6.18 Å². The van der Waals surface area contributed by atoms with Gasteiger partial charge in [0.25, 0.3) is 0 Å². The number of ether oxygens (including phenoxy) is 2. The van der Waals surface area contributed by atoms with Gasteiger partial charge in [-0.25, -0.2) is 4.98 Å². The Balaban J connectivity index is 1.40. The van der Waals surface area contributed by atoms with E-state index < -0.39 is 17.9 Å². The Labute approximate surface area is 189 Å². The van der Waals surface area contributed by atoms with E-state index in [-0.39, 0.29) is 29.9 Å². The largest absolute Gasteiger partial charge is 0.490 e. The van der Waals surface area contributed by atoms with Crippen LogP contribution in [0.3, 0.4) is 0 Å². The maximum absolute atomic E-state index is 12.8. The number of aromatic nitrogens is 2. The number of halogens is 3. The number of rotatable bonds is 6. The molecular formula is C22H26F3N5O3. The molecule has 33 heavy (non-hydrogen) atoms. The monoisotopic (exact) mass is 465 g/mol. The van der Waals surface area contributed by atoms with Gasteiger partial charge in [0.1, 0.15) is 29.4 Å². The smallest absolute Gasteiger partial charge is 0.433 e. The molecule has 4 rings (SSSR count). The maximum Gasteiger partial charge on any atom is 0.433 e. The Morgan fingerprint density at radius 1 is 1.30 bits per heavy atom. The Morgan fingerprint density at radius 2 is 2.03 bits per heavy atom. The lowest BCUT2D eigenvalue weighted by atomic mass is 9.89. The van der Waals surface area contributed by atoms with E-state index in [0.717, 1.165) is 18.0 Å². The first-order valence-electron chi connectivity index (χ1n) is 10.6. The first-order valence-corrected chi connectivity index (χ1v) is 10.6. The molecule has 2 aromatic heterocycles. The molecule has 0 bridgehead atoms. The number of likely N-dealkylation sites (N-methyl/N-ethyl adjacent to an activating group) is 1. The molecule has 0 unspecified atom stereocenters. The zero-order chi connectivity index (χ0) is 23.9. The fraction of sp³-hybridized carbons (Fsp3) is 0.500. The van der Waals surface area contributed by atoms with E-state index in [1.807, 2.05) is 31.9 Å². The second-order valence-corrected chi connectivity index (χ2v) is 8.40. The fourth-order valence-electron chi connectivity index (χ4n) is 4.16. The van der Waals surface area contributed by atoms with Crippen LogP contribution in [0, 0.1) is 6.92 Å². The predicted octanol–water partition coefficient (Wildman–Crippen LogP) is 3.62. The summed E-state index contributed by atoms with van der Waals surface area (Å²) in [5, 5.41) is 6.28. The van der Waals surface area contributed by atoms with Crippen molar-refractivity contribution in [1.82, 2.24) is 9.97 Å². The zero-order valence-corrected chi connectivity index (χ0v) is 18.7. The standard InChI is InChI=1S/C22H26F3N5O3/c1-11-19-16(30(3)20(12(2)32-4)21(31)29-19)10-18(27-11)28-13-7-15(8-13)33-14-5-6-26-17(9-14)22(23,24)25/h5-6,9-10,12-13,15,20H,7-8H2,1-4H3,(H,27,28)(H,29,31)/t12-,13?,15?,20-/m0/s1. The van der Waals surface area contributed by atoms with Crippen LogP contribution in [-0.4, -0.2) is 54.3 Å². The molecule has 2 aliphatic rings. The van der Waals surface area contributed by atoms with Gasteiger partial charge < -0.3 is 25.0 Å². The second kappa shape index (κ2) is 8.69. The molecule has 0 spiro atoms. The number of anilines is 3. The lowest BCUT2D eigenvalue weighted by Crippen LogP contribution is -2.52. The van der Waals surface area contributed by atoms with E-state index in [1.165, 1.54) is 6.07 Å². The van der Waals surface area contributed by atoms with E-state index in [0.29, 0.717) is 30.0 Å². The summed E-state index contributed by atoms with van der Waals surface area (Å²) in [7, 11) is 3.41. The molecule has 2 N–H and O–H groups in total. The molecule has 2 atom stereocenters. The minimum Gasteiger partial charge on any atom is -0.490 e. The summed E-state index contributed by atoms with van der Waals surface area (Å²) in [6.45, 7) is 3.67. The molecule has 8 nitrogen and oxygen atoms in total. The Morgan fingerprint density at radius 3 is 2.70 bits per heavy atom. The van der Waals surface area contributed by atoms with Crippen molar-refractivity contribution in [3.8, 4) is 5.75 Å². The van der Waals surface area contributed by atoms with Gasteiger partial charge in [0, 0.05) is 51.4 Å². The van der Waals surface area contributed by atoms with Crippen molar-refractivity contribution >= 4 is 23.1 Å². The zero-order valence-electron chi connectivity index (χ0n) is 18.7. The predicted molar refractivity (Wildman–Crippen MR) is 117 cm³/mol. The van der Waals surface area contributed by atoms with Gasteiger partial charge in [0.05, 0.1) is 23.2 Å². The summed E-state index contributed by atoms with van der Waals surface area (Å²) in [4.78, 5) is 22.3. The van der Waals surface area contributed by atoms with Crippen LogP contribution in [0.4, 0.5) is 30.4 Å². The van der Waals surface area contributed by atoms with Gasteiger partial charge in [-0.1, -0.05) is 0 Å². The van der Waals surface area contributed by atoms with E-state index in [4.69, 9.17) is 9.47 Å². The third-order valence-corrected chi connectivity index (χ3v) is 6.08. The van der Waals surface area contributed by atoms with Crippen LogP contribution < -0.4 is 20.3 Å². The molecule has 0 saturated heterocycles. The minimum absolute atomic E-state index is 0.0704. The average molecular weight is 465 g/mol. The fourth-order valence-corrected chi connectivity index (χ4v) is 4.16. The average Bonchev–Trinajstić information content (AvgIpc) is 2.72. The number of fused-ring (bicyclic) bond motifs is 1. The lowest BCUT2D eigenvalue weighted by Gasteiger charge is -2.39. The molecule has 1 fully saturated rings. The molecule has 1 aliphatic carbocycles. The molecule has 1 saturated carbocycles. The number of hydrogen-bond donors (Lipinski definition) is 2. The molecule has 0 aromatic carbocycles. The maximum atomic E-state index is 12.8. The molecular weight excluding hydrogens is 439 g/mol. The molecule has 1 amide bonds. The molecule has 178 valence electrons. The number of methoxy groups -OCH3 is 1. The Kier molecular flexibility index (Phi) is 6.08. The highest BCUT2D eigenvalue weighted by Gasteiger charge is 2.37. The summed E-state index contributed by atoms with van der Waals surface area (Å²) >= 11 is 0. The lowest BCUT2D eigenvalue weighted by molar-refractivity contribution is -0.141. The first-order chi connectivity index (χ1) is 15.6. The molecule has 0 radical (unpaired) electrons. The third-order valence-electron chi connectivity index (χ3n) is 6.08. The summed E-state index contributed by atoms with van der Waals surface area (Å²) in [6.07, 6.45) is -2.66. The highest BCUT2D eigenvalue weighted by atomic mass is 19.4. The molecule has 1 aliphatic heterocycles. The van der Waals surface area contributed by atoms with Gasteiger partial charge in [0.15, 0.2) is 0 Å². The second-order valence-electron chi connectivity index (χ2n) is 8.40. The number of carbonyl (C=O) groups excluding carboxylic acids is 1. The van der Waals surface area contributed by atoms with Crippen LogP contribution in [0.1, 0.15) is 31.2 Å². The number of hydrogen-bond acceptors (Lipinski definition) is 7. The van der Waals surface area contributed by atoms with Crippen molar-refractivity contribution in [3.63, 3.8) is 0 Å². The van der Waals surface area contributed by atoms with Crippen LogP contribution in [-0.2, 0) is 15.7 Å². The number of amides is 1. The van der Waals surface area contributed by atoms with Crippen LogP contribution in [0.5, 0.6) is 5.75 Å². The highest BCUT2D eigenvalue weighted by Crippen LogP contribution is 2.37. The third kappa shape index (κ3) is 4.68. The number of pyridine rings is 2. The number of carbonyl (C=O) groups is 1. The van der Waals surface area contributed by atoms with Crippen molar-refractivity contribution in [3.05, 3.63) is 35.8 Å². The summed E-state index contributed by atoms with van der Waals surface area (Å²) in [6, 6.07) is 3.81. The van der Waals surface area contributed by atoms with E-state index in [2.05, 4.69) is 20.6 Å². The normalized spacial score (nSPS) is 23.3. The summed E-state index contributed by atoms with van der Waals surface area (Å²) in [5.41, 5.74) is 1.21. The van der Waals surface area contributed by atoms with Crippen molar-refractivity contribution < 1.29 is 27.4 Å². The van der Waals surface area contributed by atoms with Gasteiger partial charge in [-0.15, -0.1) is 0 Å². The molecule has 3 heterocycles. The quantitative estimate of drug-likeness (QED) is 0.674. The topological polar surface area (TPSA) is 88.6 Å². The van der Waals surface area contributed by atoms with E-state index in [1.54, 1.807) is 7.11 Å².